The topological polar surface area (TPSA) is 55.4 Å². The number of hydrogen-bond acceptors (Lipinski definition) is 6. The van der Waals surface area contributed by atoms with Gasteiger partial charge in [0, 0.05) is 6.61 Å². The standard InChI is InChI=1S/C15H26O6/c1-6-7-16-8-9-10-11(19-14(2,3)18-10)12-13(17-9)21-15(4,5)20-12/h9-13H,6-8H2,1-5H3/t9-,10+,11+,12-,13?/m1/s1. The van der Waals surface area contributed by atoms with Crippen LogP contribution in [0.4, 0.5) is 0 Å². The molecule has 3 fully saturated rings. The molecule has 21 heavy (non-hydrogen) atoms. The van der Waals surface area contributed by atoms with Crippen LogP contribution in [0.2, 0.25) is 0 Å². The van der Waals surface area contributed by atoms with Gasteiger partial charge < -0.3 is 28.4 Å². The summed E-state index contributed by atoms with van der Waals surface area (Å²) in [6.07, 6.45) is -0.334. The van der Waals surface area contributed by atoms with Gasteiger partial charge >= 0.3 is 0 Å². The van der Waals surface area contributed by atoms with Crippen LogP contribution in [-0.2, 0) is 28.4 Å². The Morgan fingerprint density at radius 3 is 2.19 bits per heavy atom. The molecule has 3 aliphatic rings. The van der Waals surface area contributed by atoms with Crippen molar-refractivity contribution in [1.29, 1.82) is 0 Å². The van der Waals surface area contributed by atoms with Gasteiger partial charge in [0.1, 0.15) is 24.4 Å². The molecule has 3 heterocycles. The zero-order valence-electron chi connectivity index (χ0n) is 13.5. The molecule has 3 rings (SSSR count). The minimum atomic E-state index is -0.671. The number of hydrogen-bond donors (Lipinski definition) is 0. The van der Waals surface area contributed by atoms with Crippen LogP contribution in [0.3, 0.4) is 0 Å². The van der Waals surface area contributed by atoms with Gasteiger partial charge in [-0.1, -0.05) is 6.92 Å². The van der Waals surface area contributed by atoms with Gasteiger partial charge in [-0.05, 0) is 34.1 Å². The Morgan fingerprint density at radius 2 is 1.48 bits per heavy atom. The molecular weight excluding hydrogens is 276 g/mol. The lowest BCUT2D eigenvalue weighted by molar-refractivity contribution is -0.243. The predicted molar refractivity (Wildman–Crippen MR) is 73.6 cm³/mol. The second-order valence-electron chi connectivity index (χ2n) is 6.78. The van der Waals surface area contributed by atoms with Crippen molar-refractivity contribution in [3.8, 4) is 0 Å². The molecule has 122 valence electrons. The van der Waals surface area contributed by atoms with Crippen LogP contribution < -0.4 is 0 Å². The van der Waals surface area contributed by atoms with E-state index in [1.807, 2.05) is 27.7 Å². The lowest BCUT2D eigenvalue weighted by atomic mass is 9.99. The maximum atomic E-state index is 6.03. The summed E-state index contributed by atoms with van der Waals surface area (Å²) >= 11 is 0. The number of ether oxygens (including phenoxy) is 6. The van der Waals surface area contributed by atoms with Crippen molar-refractivity contribution in [1.82, 2.24) is 0 Å². The minimum absolute atomic E-state index is 0.198. The summed E-state index contributed by atoms with van der Waals surface area (Å²) in [6.45, 7) is 10.8. The van der Waals surface area contributed by atoms with Crippen LogP contribution in [0.5, 0.6) is 0 Å². The van der Waals surface area contributed by atoms with Crippen molar-refractivity contribution in [2.24, 2.45) is 0 Å². The van der Waals surface area contributed by atoms with E-state index in [0.717, 1.165) is 6.42 Å². The van der Waals surface area contributed by atoms with E-state index in [4.69, 9.17) is 28.4 Å². The van der Waals surface area contributed by atoms with Gasteiger partial charge in [0.05, 0.1) is 6.61 Å². The molecule has 0 radical (unpaired) electrons. The fourth-order valence-corrected chi connectivity index (χ4v) is 3.17. The van der Waals surface area contributed by atoms with Crippen molar-refractivity contribution in [3.05, 3.63) is 0 Å². The first-order valence-corrected chi connectivity index (χ1v) is 7.76. The first kappa shape index (κ1) is 15.6. The van der Waals surface area contributed by atoms with Gasteiger partial charge in [0.15, 0.2) is 17.9 Å². The number of rotatable bonds is 4. The third-order valence-electron chi connectivity index (χ3n) is 3.88. The van der Waals surface area contributed by atoms with Crippen LogP contribution >= 0.6 is 0 Å². The van der Waals surface area contributed by atoms with Gasteiger partial charge in [0.25, 0.3) is 0 Å². The van der Waals surface area contributed by atoms with Crippen molar-refractivity contribution in [2.75, 3.05) is 13.2 Å². The van der Waals surface area contributed by atoms with Crippen molar-refractivity contribution in [2.45, 2.75) is 83.3 Å². The third kappa shape index (κ3) is 3.11. The Balaban J connectivity index is 1.75. The molecule has 0 N–H and O–H groups in total. The normalized spacial score (nSPS) is 43.6. The zero-order valence-corrected chi connectivity index (χ0v) is 13.5. The monoisotopic (exact) mass is 302 g/mol. The van der Waals surface area contributed by atoms with Crippen molar-refractivity contribution >= 4 is 0 Å². The van der Waals surface area contributed by atoms with Crippen LogP contribution in [0.1, 0.15) is 41.0 Å². The van der Waals surface area contributed by atoms with E-state index in [9.17, 15) is 0 Å². The molecule has 0 bridgehead atoms. The smallest absolute Gasteiger partial charge is 0.190 e. The maximum absolute atomic E-state index is 6.03. The lowest BCUT2D eigenvalue weighted by Crippen LogP contribution is -2.56. The van der Waals surface area contributed by atoms with Gasteiger partial charge in [-0.25, -0.2) is 0 Å². The molecule has 6 nitrogen and oxygen atoms in total. The summed E-state index contributed by atoms with van der Waals surface area (Å²) in [6, 6.07) is 0. The molecular formula is C15H26O6. The summed E-state index contributed by atoms with van der Waals surface area (Å²) in [4.78, 5) is 0. The highest BCUT2D eigenvalue weighted by Gasteiger charge is 2.60. The minimum Gasteiger partial charge on any atom is -0.379 e. The van der Waals surface area contributed by atoms with Gasteiger partial charge in [-0.3, -0.25) is 0 Å². The van der Waals surface area contributed by atoms with E-state index in [1.54, 1.807) is 0 Å². The lowest BCUT2D eigenvalue weighted by Gasteiger charge is -2.37. The summed E-state index contributed by atoms with van der Waals surface area (Å²) in [5, 5.41) is 0. The summed E-state index contributed by atoms with van der Waals surface area (Å²) in [5.74, 6) is -1.32. The molecule has 3 saturated heterocycles. The molecule has 5 atom stereocenters. The quantitative estimate of drug-likeness (QED) is 0.738. The van der Waals surface area contributed by atoms with Gasteiger partial charge in [-0.2, -0.15) is 0 Å². The van der Waals surface area contributed by atoms with E-state index in [2.05, 4.69) is 6.92 Å². The molecule has 0 aromatic carbocycles. The molecule has 0 saturated carbocycles. The average Bonchev–Trinajstić information content (AvgIpc) is 2.84. The first-order valence-electron chi connectivity index (χ1n) is 7.76. The van der Waals surface area contributed by atoms with Gasteiger partial charge in [0.2, 0.25) is 0 Å². The SMILES string of the molecule is CCCOC[C@H]1OC2OC(C)(C)O[C@@H]2[C@H]2OC(C)(C)O[C@H]21. The number of fused-ring (bicyclic) bond motifs is 3. The summed E-state index contributed by atoms with van der Waals surface area (Å²) in [5.41, 5.74) is 0. The largest absolute Gasteiger partial charge is 0.379 e. The van der Waals surface area contributed by atoms with Gasteiger partial charge in [-0.15, -0.1) is 0 Å². The second-order valence-corrected chi connectivity index (χ2v) is 6.78. The van der Waals surface area contributed by atoms with Crippen LogP contribution in [-0.4, -0.2) is 55.5 Å². The zero-order chi connectivity index (χ0) is 15.3. The molecule has 0 aliphatic carbocycles. The summed E-state index contributed by atoms with van der Waals surface area (Å²) in [7, 11) is 0. The Labute approximate surface area is 126 Å². The highest BCUT2D eigenvalue weighted by atomic mass is 16.9. The van der Waals surface area contributed by atoms with E-state index < -0.39 is 17.9 Å². The predicted octanol–water partition coefficient (Wildman–Crippen LogP) is 1.81. The Bertz CT molecular complexity index is 382. The highest BCUT2D eigenvalue weighted by molar-refractivity contribution is 4.99. The molecule has 0 aromatic rings. The molecule has 0 amide bonds. The second kappa shape index (κ2) is 5.44. The molecule has 0 aromatic heterocycles. The van der Waals surface area contributed by atoms with E-state index in [1.165, 1.54) is 0 Å². The van der Waals surface area contributed by atoms with Crippen LogP contribution in [0.15, 0.2) is 0 Å². The Morgan fingerprint density at radius 1 is 0.857 bits per heavy atom. The molecule has 0 spiro atoms. The van der Waals surface area contributed by atoms with Crippen LogP contribution in [0, 0.1) is 0 Å². The molecule has 3 aliphatic heterocycles. The van der Waals surface area contributed by atoms with Crippen LogP contribution in [0.25, 0.3) is 0 Å². The fraction of sp³-hybridized carbons (Fsp3) is 1.00. The Hall–Kier alpha value is -0.240. The van der Waals surface area contributed by atoms with E-state index >= 15 is 0 Å². The molecule has 6 heteroatoms. The van der Waals surface area contributed by atoms with Crippen molar-refractivity contribution < 1.29 is 28.4 Å². The average molecular weight is 302 g/mol. The highest BCUT2D eigenvalue weighted by Crippen LogP contribution is 2.44. The maximum Gasteiger partial charge on any atom is 0.190 e. The summed E-state index contributed by atoms with van der Waals surface area (Å²) < 4.78 is 35.5. The van der Waals surface area contributed by atoms with E-state index in [0.29, 0.717) is 13.2 Å². The van der Waals surface area contributed by atoms with Crippen molar-refractivity contribution in [3.63, 3.8) is 0 Å². The van der Waals surface area contributed by atoms with E-state index in [-0.39, 0.29) is 24.4 Å². The fourth-order valence-electron chi connectivity index (χ4n) is 3.17. The Kier molecular flexibility index (Phi) is 4.05. The molecule has 1 unspecified atom stereocenters. The third-order valence-corrected chi connectivity index (χ3v) is 3.88. The first-order chi connectivity index (χ1) is 9.81.